The van der Waals surface area contributed by atoms with Crippen molar-refractivity contribution in [3.63, 3.8) is 0 Å². The summed E-state index contributed by atoms with van der Waals surface area (Å²) < 4.78 is 0. The van der Waals surface area contributed by atoms with Gasteiger partial charge in [0.2, 0.25) is 11.9 Å². The Bertz CT molecular complexity index is 526. The average molecular weight is 309 g/mol. The second-order valence-corrected chi connectivity index (χ2v) is 5.65. The van der Waals surface area contributed by atoms with Gasteiger partial charge in [0, 0.05) is 0 Å². The van der Waals surface area contributed by atoms with Gasteiger partial charge in [-0.05, 0) is 26.7 Å². The van der Waals surface area contributed by atoms with E-state index in [-0.39, 0.29) is 16.8 Å². The molecule has 0 aliphatic carbocycles. The third-order valence-corrected chi connectivity index (χ3v) is 3.97. The molecule has 116 valence electrons. The van der Waals surface area contributed by atoms with E-state index in [2.05, 4.69) is 20.5 Å². The fourth-order valence-electron chi connectivity index (χ4n) is 2.29. The molecule has 0 atom stereocenters. The van der Waals surface area contributed by atoms with Crippen LogP contribution in [-0.4, -0.2) is 26.1 Å². The first-order chi connectivity index (χ1) is 9.87. The normalized spacial score (nSPS) is 11.2. The maximum atomic E-state index is 12.7. The third-order valence-electron chi connectivity index (χ3n) is 3.58. The van der Waals surface area contributed by atoms with Gasteiger partial charge in [0.25, 0.3) is 0 Å². The van der Waals surface area contributed by atoms with Crippen molar-refractivity contribution in [3.8, 4) is 0 Å². The van der Waals surface area contributed by atoms with Gasteiger partial charge in [-0.1, -0.05) is 38.9 Å². The van der Waals surface area contributed by atoms with Gasteiger partial charge in [0.15, 0.2) is 0 Å². The van der Waals surface area contributed by atoms with E-state index < -0.39 is 5.41 Å². The van der Waals surface area contributed by atoms with Crippen molar-refractivity contribution in [2.75, 3.05) is 5.32 Å². The number of hydrogen-bond donors (Lipinski definition) is 2. The average Bonchev–Trinajstić information content (AvgIpc) is 2.42. The Kier molecular flexibility index (Phi) is 6.14. The fourth-order valence-corrected chi connectivity index (χ4v) is 2.59. The van der Waals surface area contributed by atoms with E-state index >= 15 is 0 Å². The zero-order chi connectivity index (χ0) is 16.0. The Labute approximate surface area is 130 Å². The van der Waals surface area contributed by atoms with E-state index in [4.69, 9.17) is 18.0 Å². The highest BCUT2D eigenvalue weighted by Gasteiger charge is 2.40. The van der Waals surface area contributed by atoms with Gasteiger partial charge in [-0.15, -0.1) is 5.10 Å². The molecule has 7 heteroatoms. The van der Waals surface area contributed by atoms with Crippen molar-refractivity contribution in [1.82, 2.24) is 15.2 Å². The number of nitrogens with zero attached hydrogens (tertiary/aromatic N) is 3. The zero-order valence-electron chi connectivity index (χ0n) is 13.1. The van der Waals surface area contributed by atoms with Gasteiger partial charge in [0.05, 0.1) is 21.8 Å². The summed E-state index contributed by atoms with van der Waals surface area (Å²) in [6, 6.07) is 0. The molecule has 0 aromatic carbocycles. The minimum absolute atomic E-state index is 0.191. The van der Waals surface area contributed by atoms with Gasteiger partial charge in [-0.25, -0.2) is 4.98 Å². The number of rotatable bonds is 7. The van der Waals surface area contributed by atoms with Gasteiger partial charge in [-0.3, -0.25) is 10.1 Å². The van der Waals surface area contributed by atoms with Crippen LogP contribution in [0, 0.1) is 19.3 Å². The summed E-state index contributed by atoms with van der Waals surface area (Å²) in [6.45, 7) is 7.64. The molecule has 0 aliphatic heterocycles. The molecule has 0 fully saturated rings. The van der Waals surface area contributed by atoms with Crippen LogP contribution in [0.15, 0.2) is 0 Å². The highest BCUT2D eigenvalue weighted by molar-refractivity contribution is 7.80. The van der Waals surface area contributed by atoms with Crippen molar-refractivity contribution in [2.24, 2.45) is 11.1 Å². The number of aromatic nitrogens is 3. The summed E-state index contributed by atoms with van der Waals surface area (Å²) in [5, 5.41) is 10.6. The molecule has 0 radical (unpaired) electrons. The van der Waals surface area contributed by atoms with Gasteiger partial charge >= 0.3 is 0 Å². The molecule has 1 aromatic rings. The van der Waals surface area contributed by atoms with Crippen LogP contribution in [0.5, 0.6) is 0 Å². The number of carbonyl (C=O) groups is 1. The van der Waals surface area contributed by atoms with E-state index in [1.807, 2.05) is 27.7 Å². The Balaban J connectivity index is 3.04. The van der Waals surface area contributed by atoms with Crippen molar-refractivity contribution in [2.45, 2.75) is 53.4 Å². The van der Waals surface area contributed by atoms with Crippen LogP contribution in [0.25, 0.3) is 0 Å². The minimum Gasteiger partial charge on any atom is -0.392 e. The second kappa shape index (κ2) is 7.40. The van der Waals surface area contributed by atoms with Crippen LogP contribution in [0.1, 0.15) is 50.9 Å². The summed E-state index contributed by atoms with van der Waals surface area (Å²) in [7, 11) is 0. The first-order valence-electron chi connectivity index (χ1n) is 7.16. The molecule has 0 unspecified atom stereocenters. The molecule has 6 nitrogen and oxygen atoms in total. The molecule has 0 bridgehead atoms. The van der Waals surface area contributed by atoms with Crippen LogP contribution < -0.4 is 11.1 Å². The first kappa shape index (κ1) is 17.4. The number of aryl methyl sites for hydroxylation is 2. The van der Waals surface area contributed by atoms with E-state index in [0.29, 0.717) is 12.8 Å². The number of nitrogens with one attached hydrogen (secondary N) is 1. The monoisotopic (exact) mass is 309 g/mol. The molecular weight excluding hydrogens is 286 g/mol. The van der Waals surface area contributed by atoms with Crippen LogP contribution in [0.3, 0.4) is 0 Å². The second-order valence-electron chi connectivity index (χ2n) is 5.21. The zero-order valence-corrected chi connectivity index (χ0v) is 13.9. The molecule has 1 amide bonds. The van der Waals surface area contributed by atoms with E-state index in [1.165, 1.54) is 0 Å². The standard InChI is InChI=1S/C14H23N5OS/c1-5-7-14(8-6-2,11(15)21)12(20)17-13-16-9(3)10(4)18-19-13/h5-8H2,1-4H3,(H2,15,21)(H,16,17,19,20). The molecule has 0 saturated heterocycles. The topological polar surface area (TPSA) is 93.8 Å². The molecule has 0 saturated carbocycles. The summed E-state index contributed by atoms with van der Waals surface area (Å²) in [6.07, 6.45) is 2.86. The Hall–Kier alpha value is -1.63. The van der Waals surface area contributed by atoms with E-state index in [9.17, 15) is 4.79 Å². The summed E-state index contributed by atoms with van der Waals surface area (Å²) >= 11 is 5.16. The number of hydrogen-bond acceptors (Lipinski definition) is 5. The predicted octanol–water partition coefficient (Wildman–Crippen LogP) is 2.30. The number of amides is 1. The third kappa shape index (κ3) is 3.93. The largest absolute Gasteiger partial charge is 0.392 e. The molecule has 21 heavy (non-hydrogen) atoms. The fraction of sp³-hybridized carbons (Fsp3) is 0.643. The number of thiocarbonyl (C=S) groups is 1. The van der Waals surface area contributed by atoms with Crippen molar-refractivity contribution in [1.29, 1.82) is 0 Å². The lowest BCUT2D eigenvalue weighted by Gasteiger charge is -2.30. The lowest BCUT2D eigenvalue weighted by molar-refractivity contribution is -0.122. The van der Waals surface area contributed by atoms with Gasteiger partial charge < -0.3 is 5.73 Å². The van der Waals surface area contributed by atoms with Gasteiger partial charge in [-0.2, -0.15) is 5.10 Å². The number of anilines is 1. The van der Waals surface area contributed by atoms with Crippen LogP contribution in [-0.2, 0) is 4.79 Å². The number of nitrogens with two attached hydrogens (primary N) is 1. The van der Waals surface area contributed by atoms with E-state index in [0.717, 1.165) is 24.2 Å². The molecule has 0 aliphatic rings. The molecule has 1 aromatic heterocycles. The number of carbonyl (C=O) groups excluding carboxylic acids is 1. The maximum Gasteiger partial charge on any atom is 0.249 e. The highest BCUT2D eigenvalue weighted by Crippen LogP contribution is 2.31. The van der Waals surface area contributed by atoms with Gasteiger partial charge in [0.1, 0.15) is 0 Å². The molecule has 3 N–H and O–H groups in total. The predicted molar refractivity (Wildman–Crippen MR) is 87.0 cm³/mol. The Morgan fingerprint density at radius 3 is 2.19 bits per heavy atom. The molecular formula is C14H23N5OS. The summed E-state index contributed by atoms with van der Waals surface area (Å²) in [5.74, 6) is -0.0558. The van der Waals surface area contributed by atoms with Crippen LogP contribution >= 0.6 is 12.2 Å². The lowest BCUT2D eigenvalue weighted by Crippen LogP contribution is -2.46. The van der Waals surface area contributed by atoms with Crippen molar-refractivity contribution >= 4 is 29.1 Å². The first-order valence-corrected chi connectivity index (χ1v) is 7.57. The van der Waals surface area contributed by atoms with Crippen molar-refractivity contribution < 1.29 is 4.79 Å². The van der Waals surface area contributed by atoms with Crippen LogP contribution in [0.2, 0.25) is 0 Å². The SMILES string of the molecule is CCCC(CCC)(C(=O)Nc1nnc(C)c(C)n1)C(N)=S. The maximum absolute atomic E-state index is 12.7. The summed E-state index contributed by atoms with van der Waals surface area (Å²) in [4.78, 5) is 17.1. The summed E-state index contributed by atoms with van der Waals surface area (Å²) in [5.41, 5.74) is 6.48. The Morgan fingerprint density at radius 1 is 1.19 bits per heavy atom. The molecule has 1 heterocycles. The molecule has 0 spiro atoms. The smallest absolute Gasteiger partial charge is 0.249 e. The van der Waals surface area contributed by atoms with Crippen LogP contribution in [0.4, 0.5) is 5.95 Å². The highest BCUT2D eigenvalue weighted by atomic mass is 32.1. The van der Waals surface area contributed by atoms with Crippen molar-refractivity contribution in [3.05, 3.63) is 11.4 Å². The minimum atomic E-state index is -0.846. The Morgan fingerprint density at radius 2 is 1.76 bits per heavy atom. The lowest BCUT2D eigenvalue weighted by atomic mass is 9.78. The van der Waals surface area contributed by atoms with E-state index in [1.54, 1.807) is 0 Å². The quantitative estimate of drug-likeness (QED) is 0.751. The molecule has 1 rings (SSSR count).